The van der Waals surface area contributed by atoms with Crippen molar-refractivity contribution in [2.45, 2.75) is 20.3 Å². The molecule has 0 fully saturated rings. The molecular formula is C8H13NO5. The van der Waals surface area contributed by atoms with Crippen molar-refractivity contribution in [3.05, 3.63) is 0 Å². The predicted molar refractivity (Wildman–Crippen MR) is 46.7 cm³/mol. The van der Waals surface area contributed by atoms with Crippen LogP contribution in [0.15, 0.2) is 0 Å². The summed E-state index contributed by atoms with van der Waals surface area (Å²) in [6.07, 6.45) is -1.08. The van der Waals surface area contributed by atoms with Crippen LogP contribution in [0.1, 0.15) is 20.3 Å². The number of imide groups is 1. The molecule has 0 saturated carbocycles. The summed E-state index contributed by atoms with van der Waals surface area (Å²) in [7, 11) is 0. The van der Waals surface area contributed by atoms with Crippen LogP contribution in [-0.2, 0) is 14.3 Å². The maximum Gasteiger partial charge on any atom is 0.416 e. The Morgan fingerprint density at radius 2 is 1.93 bits per heavy atom. The summed E-state index contributed by atoms with van der Waals surface area (Å²) in [5, 5.41) is 8.37. The first-order chi connectivity index (χ1) is 6.49. The Bertz CT molecular complexity index is 238. The molecule has 80 valence electrons. The zero-order valence-electron chi connectivity index (χ0n) is 8.15. The van der Waals surface area contributed by atoms with Gasteiger partial charge < -0.3 is 9.84 Å². The van der Waals surface area contributed by atoms with Gasteiger partial charge in [0.15, 0.2) is 0 Å². The molecule has 0 saturated heterocycles. The van der Waals surface area contributed by atoms with Crippen LogP contribution in [0.5, 0.6) is 0 Å². The summed E-state index contributed by atoms with van der Waals surface area (Å²) in [6, 6.07) is 0. The van der Waals surface area contributed by atoms with Gasteiger partial charge in [-0.25, -0.2) is 9.69 Å². The lowest BCUT2D eigenvalue weighted by Crippen LogP contribution is -2.37. The highest BCUT2D eigenvalue weighted by molar-refractivity contribution is 5.90. The minimum Gasteiger partial charge on any atom is -0.481 e. The van der Waals surface area contributed by atoms with Crippen LogP contribution in [0, 0.1) is 0 Å². The molecule has 0 unspecified atom stereocenters. The average Bonchev–Trinajstić information content (AvgIpc) is 2.03. The van der Waals surface area contributed by atoms with E-state index in [0.29, 0.717) is 0 Å². The molecule has 6 heteroatoms. The lowest BCUT2D eigenvalue weighted by atomic mass is 10.4. The summed E-state index contributed by atoms with van der Waals surface area (Å²) in [4.78, 5) is 33.0. The van der Waals surface area contributed by atoms with Crippen molar-refractivity contribution in [3.8, 4) is 0 Å². The van der Waals surface area contributed by atoms with E-state index in [1.807, 2.05) is 0 Å². The minimum absolute atomic E-state index is 0.148. The molecule has 1 N–H and O–H groups in total. The van der Waals surface area contributed by atoms with E-state index in [-0.39, 0.29) is 19.6 Å². The van der Waals surface area contributed by atoms with E-state index in [2.05, 4.69) is 4.74 Å². The molecule has 0 heterocycles. The fourth-order valence-electron chi connectivity index (χ4n) is 0.786. The zero-order valence-corrected chi connectivity index (χ0v) is 8.15. The fourth-order valence-corrected chi connectivity index (χ4v) is 0.786. The Balaban J connectivity index is 4.22. The molecule has 0 atom stereocenters. The van der Waals surface area contributed by atoms with Gasteiger partial charge >= 0.3 is 12.1 Å². The van der Waals surface area contributed by atoms with Crippen molar-refractivity contribution in [2.24, 2.45) is 0 Å². The third kappa shape index (κ3) is 4.44. The molecule has 0 rings (SSSR count). The number of aliphatic carboxylic acids is 1. The fraction of sp³-hybridized carbons (Fsp3) is 0.625. The normalized spacial score (nSPS) is 9.29. The van der Waals surface area contributed by atoms with E-state index in [0.717, 1.165) is 4.90 Å². The third-order valence-electron chi connectivity index (χ3n) is 1.42. The van der Waals surface area contributed by atoms with Gasteiger partial charge in [0.25, 0.3) is 0 Å². The molecule has 0 bridgehead atoms. The second-order valence-electron chi connectivity index (χ2n) is 2.51. The number of carboxylic acid groups (broad SMARTS) is 1. The van der Waals surface area contributed by atoms with E-state index in [1.54, 1.807) is 6.92 Å². The number of ether oxygens (including phenoxy) is 1. The lowest BCUT2D eigenvalue weighted by Gasteiger charge is -2.16. The smallest absolute Gasteiger partial charge is 0.416 e. The number of rotatable bonds is 4. The summed E-state index contributed by atoms with van der Waals surface area (Å²) in [6.45, 7) is 2.77. The first kappa shape index (κ1) is 12.4. The van der Waals surface area contributed by atoms with Crippen LogP contribution >= 0.6 is 0 Å². The monoisotopic (exact) mass is 203 g/mol. The number of hydrogen-bond acceptors (Lipinski definition) is 4. The van der Waals surface area contributed by atoms with Crippen molar-refractivity contribution in [3.63, 3.8) is 0 Å². The molecule has 0 spiro atoms. The number of carbonyl (C=O) groups excluding carboxylic acids is 2. The molecule has 0 aromatic carbocycles. The first-order valence-corrected chi connectivity index (χ1v) is 4.15. The maximum absolute atomic E-state index is 11.1. The zero-order chi connectivity index (χ0) is 11.1. The predicted octanol–water partition coefficient (Wildman–Crippen LogP) is 0.466. The molecule has 0 aliphatic rings. The van der Waals surface area contributed by atoms with Crippen LogP contribution < -0.4 is 0 Å². The highest BCUT2D eigenvalue weighted by Crippen LogP contribution is 1.97. The van der Waals surface area contributed by atoms with E-state index < -0.39 is 18.0 Å². The quantitative estimate of drug-likeness (QED) is 0.717. The number of carbonyl (C=O) groups is 3. The molecule has 14 heavy (non-hydrogen) atoms. The molecular weight excluding hydrogens is 190 g/mol. The van der Waals surface area contributed by atoms with Gasteiger partial charge in [-0.1, -0.05) is 0 Å². The summed E-state index contributed by atoms with van der Waals surface area (Å²) in [5.41, 5.74) is 0. The SMILES string of the molecule is CCOC(=O)N(CCC(=O)O)C(C)=O. The Hall–Kier alpha value is -1.59. The standard InChI is InChI=1S/C8H13NO5/c1-3-14-8(13)9(6(2)10)5-4-7(11)12/h3-5H2,1-2H3,(H,11,12). The van der Waals surface area contributed by atoms with Crippen LogP contribution in [0.2, 0.25) is 0 Å². The van der Waals surface area contributed by atoms with Gasteiger partial charge in [-0.3, -0.25) is 9.59 Å². The van der Waals surface area contributed by atoms with Gasteiger partial charge in [-0.2, -0.15) is 0 Å². The molecule has 0 aromatic heterocycles. The maximum atomic E-state index is 11.1. The van der Waals surface area contributed by atoms with Gasteiger partial charge in [0.2, 0.25) is 5.91 Å². The van der Waals surface area contributed by atoms with Crippen LogP contribution in [0.3, 0.4) is 0 Å². The Labute approximate surface area is 81.4 Å². The second-order valence-corrected chi connectivity index (χ2v) is 2.51. The van der Waals surface area contributed by atoms with Crippen molar-refractivity contribution >= 4 is 18.0 Å². The van der Waals surface area contributed by atoms with Crippen molar-refractivity contribution in [1.82, 2.24) is 4.90 Å². The van der Waals surface area contributed by atoms with Crippen LogP contribution in [0.4, 0.5) is 4.79 Å². The summed E-state index contributed by atoms with van der Waals surface area (Å²) in [5.74, 6) is -1.59. The molecule has 2 amide bonds. The number of hydrogen-bond donors (Lipinski definition) is 1. The average molecular weight is 203 g/mol. The third-order valence-corrected chi connectivity index (χ3v) is 1.42. The number of carboxylic acids is 1. The van der Waals surface area contributed by atoms with Crippen LogP contribution in [-0.4, -0.2) is 41.1 Å². The largest absolute Gasteiger partial charge is 0.481 e. The van der Waals surface area contributed by atoms with Gasteiger partial charge in [0, 0.05) is 13.5 Å². The van der Waals surface area contributed by atoms with Crippen molar-refractivity contribution in [2.75, 3.05) is 13.2 Å². The number of amides is 2. The topological polar surface area (TPSA) is 83.9 Å². The van der Waals surface area contributed by atoms with Crippen molar-refractivity contribution < 1.29 is 24.2 Å². The van der Waals surface area contributed by atoms with E-state index in [1.165, 1.54) is 6.92 Å². The number of nitrogens with zero attached hydrogens (tertiary/aromatic N) is 1. The Kier molecular flexibility index (Phi) is 5.28. The molecule has 0 radical (unpaired) electrons. The second kappa shape index (κ2) is 5.95. The highest BCUT2D eigenvalue weighted by atomic mass is 16.6. The molecule has 6 nitrogen and oxygen atoms in total. The summed E-state index contributed by atoms with van der Waals surface area (Å²) >= 11 is 0. The first-order valence-electron chi connectivity index (χ1n) is 4.15. The van der Waals surface area contributed by atoms with E-state index >= 15 is 0 Å². The van der Waals surface area contributed by atoms with Gasteiger partial charge in [0.1, 0.15) is 0 Å². The molecule has 0 aliphatic carbocycles. The Morgan fingerprint density at radius 3 is 2.29 bits per heavy atom. The van der Waals surface area contributed by atoms with Gasteiger partial charge in [-0.15, -0.1) is 0 Å². The van der Waals surface area contributed by atoms with Gasteiger partial charge in [-0.05, 0) is 6.92 Å². The molecule has 0 aliphatic heterocycles. The Morgan fingerprint density at radius 1 is 1.36 bits per heavy atom. The van der Waals surface area contributed by atoms with E-state index in [9.17, 15) is 14.4 Å². The van der Waals surface area contributed by atoms with Crippen LogP contribution in [0.25, 0.3) is 0 Å². The summed E-state index contributed by atoms with van der Waals surface area (Å²) < 4.78 is 4.57. The minimum atomic E-state index is -1.07. The van der Waals surface area contributed by atoms with E-state index in [4.69, 9.17) is 5.11 Å². The van der Waals surface area contributed by atoms with Crippen molar-refractivity contribution in [1.29, 1.82) is 0 Å². The van der Waals surface area contributed by atoms with Gasteiger partial charge in [0.05, 0.1) is 13.0 Å². The lowest BCUT2D eigenvalue weighted by molar-refractivity contribution is -0.137. The molecule has 0 aromatic rings. The highest BCUT2D eigenvalue weighted by Gasteiger charge is 2.19.